The number of rotatable bonds is 7. The fraction of sp³-hybridized carbons (Fsp3) is 0.333. The summed E-state index contributed by atoms with van der Waals surface area (Å²) in [4.78, 5) is 21.6. The average Bonchev–Trinajstić information content (AvgIpc) is 3.22. The Morgan fingerprint density at radius 1 is 1.03 bits per heavy atom. The summed E-state index contributed by atoms with van der Waals surface area (Å²) in [7, 11) is 0. The number of amides is 1. The topological polar surface area (TPSA) is 45.7 Å². The molecule has 0 N–H and O–H groups in total. The van der Waals surface area contributed by atoms with Gasteiger partial charge in [-0.2, -0.15) is 0 Å². The van der Waals surface area contributed by atoms with Crippen molar-refractivity contribution in [1.82, 2.24) is 14.8 Å². The van der Waals surface area contributed by atoms with Crippen molar-refractivity contribution in [3.8, 4) is 5.75 Å². The van der Waals surface area contributed by atoms with Crippen LogP contribution in [-0.2, 0) is 13.0 Å². The van der Waals surface area contributed by atoms with Gasteiger partial charge in [-0.15, -0.1) is 11.3 Å². The van der Waals surface area contributed by atoms with E-state index in [9.17, 15) is 4.79 Å². The van der Waals surface area contributed by atoms with Crippen LogP contribution < -0.4 is 4.74 Å². The van der Waals surface area contributed by atoms with Gasteiger partial charge in [0.15, 0.2) is 0 Å². The minimum atomic E-state index is 0.0967. The predicted octanol–water partition coefficient (Wildman–Crippen LogP) is 4.03. The summed E-state index contributed by atoms with van der Waals surface area (Å²) in [6.45, 7) is 6.86. The molecule has 1 aliphatic rings. The molecule has 6 heteroatoms. The first-order chi connectivity index (χ1) is 14.7. The molecule has 0 aliphatic carbocycles. The van der Waals surface area contributed by atoms with E-state index in [1.165, 1.54) is 5.56 Å². The first-order valence-corrected chi connectivity index (χ1v) is 11.2. The van der Waals surface area contributed by atoms with Crippen molar-refractivity contribution in [3.05, 3.63) is 81.8 Å². The van der Waals surface area contributed by atoms with Gasteiger partial charge in [-0.05, 0) is 43.2 Å². The molecule has 2 heterocycles. The maximum Gasteiger partial charge on any atom is 0.253 e. The van der Waals surface area contributed by atoms with Crippen molar-refractivity contribution in [3.63, 3.8) is 0 Å². The fourth-order valence-electron chi connectivity index (χ4n) is 3.61. The molecular formula is C24H27N3O2S. The van der Waals surface area contributed by atoms with Gasteiger partial charge in [0.05, 0.1) is 10.7 Å². The van der Waals surface area contributed by atoms with Crippen molar-refractivity contribution in [2.24, 2.45) is 0 Å². The molecule has 0 spiro atoms. The summed E-state index contributed by atoms with van der Waals surface area (Å²) in [6.07, 6.45) is 1.05. The Labute approximate surface area is 181 Å². The summed E-state index contributed by atoms with van der Waals surface area (Å²) in [5, 5.41) is 3.04. The maximum atomic E-state index is 12.8. The smallest absolute Gasteiger partial charge is 0.253 e. The summed E-state index contributed by atoms with van der Waals surface area (Å²) in [6, 6.07) is 18.0. The third kappa shape index (κ3) is 5.46. The Balaban J connectivity index is 1.23. The number of ether oxygens (including phenoxy) is 1. The Hall–Kier alpha value is -2.70. The SMILES string of the molecule is Cc1nc(COc2ccc(C(=O)N3CCN(CCc4ccccc4)CC3)cc2)cs1. The number of thiazole rings is 1. The van der Waals surface area contributed by atoms with Crippen LogP contribution in [0, 0.1) is 6.92 Å². The molecule has 0 atom stereocenters. The number of hydrogen-bond acceptors (Lipinski definition) is 5. The molecule has 30 heavy (non-hydrogen) atoms. The third-order valence-corrected chi connectivity index (χ3v) is 6.20. The van der Waals surface area contributed by atoms with Crippen LogP contribution in [0.5, 0.6) is 5.75 Å². The lowest BCUT2D eigenvalue weighted by Crippen LogP contribution is -2.49. The van der Waals surface area contributed by atoms with Gasteiger partial charge < -0.3 is 9.64 Å². The van der Waals surface area contributed by atoms with E-state index in [2.05, 4.69) is 34.1 Å². The van der Waals surface area contributed by atoms with E-state index in [0.717, 1.165) is 55.6 Å². The second-order valence-electron chi connectivity index (χ2n) is 7.54. The normalized spacial score (nSPS) is 14.6. The summed E-state index contributed by atoms with van der Waals surface area (Å²) in [5.41, 5.74) is 3.01. The van der Waals surface area contributed by atoms with Crippen LogP contribution in [-0.4, -0.2) is 53.4 Å². The third-order valence-electron chi connectivity index (χ3n) is 5.37. The van der Waals surface area contributed by atoms with E-state index in [1.807, 2.05) is 47.5 Å². The summed E-state index contributed by atoms with van der Waals surface area (Å²) in [5.74, 6) is 0.849. The van der Waals surface area contributed by atoms with Crippen LogP contribution in [0.1, 0.15) is 26.6 Å². The van der Waals surface area contributed by atoms with Gasteiger partial charge in [-0.1, -0.05) is 30.3 Å². The molecule has 1 amide bonds. The Bertz CT molecular complexity index is 948. The van der Waals surface area contributed by atoms with Gasteiger partial charge >= 0.3 is 0 Å². The van der Waals surface area contributed by atoms with E-state index >= 15 is 0 Å². The minimum absolute atomic E-state index is 0.0967. The molecule has 0 bridgehead atoms. The molecule has 2 aromatic carbocycles. The zero-order valence-electron chi connectivity index (χ0n) is 17.3. The van der Waals surface area contributed by atoms with Gasteiger partial charge in [0.1, 0.15) is 12.4 Å². The molecular weight excluding hydrogens is 394 g/mol. The summed E-state index contributed by atoms with van der Waals surface area (Å²) >= 11 is 1.62. The highest BCUT2D eigenvalue weighted by molar-refractivity contribution is 7.09. The van der Waals surface area contributed by atoms with Crippen LogP contribution >= 0.6 is 11.3 Å². The summed E-state index contributed by atoms with van der Waals surface area (Å²) < 4.78 is 5.78. The number of nitrogens with zero attached hydrogens (tertiary/aromatic N) is 3. The number of benzene rings is 2. The van der Waals surface area contributed by atoms with Crippen molar-refractivity contribution < 1.29 is 9.53 Å². The van der Waals surface area contributed by atoms with Crippen molar-refractivity contribution in [1.29, 1.82) is 0 Å². The molecule has 4 rings (SSSR count). The standard InChI is InChI=1S/C24H27N3O2S/c1-19-25-22(18-30-19)17-29-23-9-7-21(8-10-23)24(28)27-15-13-26(14-16-27)12-11-20-5-3-2-4-6-20/h2-10,18H,11-17H2,1H3. The quantitative estimate of drug-likeness (QED) is 0.578. The van der Waals surface area contributed by atoms with Crippen LogP contribution in [0.25, 0.3) is 0 Å². The number of aryl methyl sites for hydroxylation is 1. The first-order valence-electron chi connectivity index (χ1n) is 10.4. The van der Waals surface area contributed by atoms with Gasteiger partial charge in [0.2, 0.25) is 0 Å². The lowest BCUT2D eigenvalue weighted by molar-refractivity contribution is 0.0638. The maximum absolute atomic E-state index is 12.8. The molecule has 1 aliphatic heterocycles. The Kier molecular flexibility index (Phi) is 6.77. The molecule has 0 saturated carbocycles. The molecule has 5 nitrogen and oxygen atoms in total. The lowest BCUT2D eigenvalue weighted by atomic mass is 10.1. The lowest BCUT2D eigenvalue weighted by Gasteiger charge is -2.34. The molecule has 3 aromatic rings. The number of piperazine rings is 1. The average molecular weight is 422 g/mol. The second kappa shape index (κ2) is 9.87. The van der Waals surface area contributed by atoms with Crippen molar-refractivity contribution in [2.75, 3.05) is 32.7 Å². The Morgan fingerprint density at radius 2 is 1.77 bits per heavy atom. The monoisotopic (exact) mass is 421 g/mol. The molecule has 1 aromatic heterocycles. The van der Waals surface area contributed by atoms with E-state index in [0.29, 0.717) is 12.2 Å². The first kappa shape index (κ1) is 20.6. The van der Waals surface area contributed by atoms with Crippen LogP contribution in [0.2, 0.25) is 0 Å². The number of aromatic nitrogens is 1. The zero-order chi connectivity index (χ0) is 20.8. The molecule has 1 saturated heterocycles. The van der Waals surface area contributed by atoms with Gasteiger partial charge in [-0.3, -0.25) is 9.69 Å². The Morgan fingerprint density at radius 3 is 2.43 bits per heavy atom. The molecule has 0 radical (unpaired) electrons. The molecule has 0 unspecified atom stereocenters. The van der Waals surface area contributed by atoms with Crippen LogP contribution in [0.3, 0.4) is 0 Å². The van der Waals surface area contributed by atoms with Gasteiger partial charge in [0.25, 0.3) is 5.91 Å². The largest absolute Gasteiger partial charge is 0.487 e. The number of carbonyl (C=O) groups excluding carboxylic acids is 1. The van der Waals surface area contributed by atoms with Crippen LogP contribution in [0.4, 0.5) is 0 Å². The van der Waals surface area contributed by atoms with Crippen molar-refractivity contribution in [2.45, 2.75) is 20.0 Å². The zero-order valence-corrected chi connectivity index (χ0v) is 18.1. The van der Waals surface area contributed by atoms with E-state index in [1.54, 1.807) is 11.3 Å². The van der Waals surface area contributed by atoms with Gasteiger partial charge in [0, 0.05) is 43.7 Å². The number of hydrogen-bond donors (Lipinski definition) is 0. The number of carbonyl (C=O) groups is 1. The molecule has 1 fully saturated rings. The van der Waals surface area contributed by atoms with Crippen LogP contribution in [0.15, 0.2) is 60.0 Å². The van der Waals surface area contributed by atoms with Gasteiger partial charge in [-0.25, -0.2) is 4.98 Å². The molecule has 156 valence electrons. The van der Waals surface area contributed by atoms with E-state index in [4.69, 9.17) is 4.74 Å². The van der Waals surface area contributed by atoms with E-state index in [-0.39, 0.29) is 5.91 Å². The highest BCUT2D eigenvalue weighted by Gasteiger charge is 2.22. The fourth-order valence-corrected chi connectivity index (χ4v) is 4.21. The highest BCUT2D eigenvalue weighted by Crippen LogP contribution is 2.17. The van der Waals surface area contributed by atoms with E-state index < -0.39 is 0 Å². The highest BCUT2D eigenvalue weighted by atomic mass is 32.1. The predicted molar refractivity (Wildman–Crippen MR) is 120 cm³/mol. The minimum Gasteiger partial charge on any atom is -0.487 e. The van der Waals surface area contributed by atoms with Crippen molar-refractivity contribution >= 4 is 17.2 Å². The second-order valence-corrected chi connectivity index (χ2v) is 8.60.